The highest BCUT2D eigenvalue weighted by molar-refractivity contribution is 5.92. The Bertz CT molecular complexity index is 613. The molecule has 0 aliphatic heterocycles. The molecule has 0 radical (unpaired) electrons. The summed E-state index contributed by atoms with van der Waals surface area (Å²) in [4.78, 5) is 12.0. The molecule has 2 unspecified atom stereocenters. The van der Waals surface area contributed by atoms with Gasteiger partial charge in [-0.1, -0.05) is 19.8 Å². The number of phenolic OH excluding ortho intramolecular Hbond substituents is 1. The van der Waals surface area contributed by atoms with Gasteiger partial charge in [-0.3, -0.25) is 4.79 Å². The maximum absolute atomic E-state index is 12.0. The molecule has 0 bridgehead atoms. The zero-order valence-corrected chi connectivity index (χ0v) is 13.9. The van der Waals surface area contributed by atoms with E-state index in [0.717, 1.165) is 31.2 Å². The maximum atomic E-state index is 12.0. The number of benzene rings is 1. The van der Waals surface area contributed by atoms with Gasteiger partial charge in [0.15, 0.2) is 0 Å². The average molecular weight is 317 g/mol. The number of nitrogens with two attached hydrogens (primary N) is 2. The van der Waals surface area contributed by atoms with Crippen LogP contribution in [0, 0.1) is 12.8 Å². The van der Waals surface area contributed by atoms with Crippen LogP contribution in [0.5, 0.6) is 5.75 Å². The average Bonchev–Trinajstić information content (AvgIpc) is 2.89. The number of hydrogen-bond donors (Lipinski definition) is 4. The van der Waals surface area contributed by atoms with Crippen molar-refractivity contribution in [1.82, 2.24) is 5.32 Å². The Labute approximate surface area is 137 Å². The number of rotatable bonds is 5. The summed E-state index contributed by atoms with van der Waals surface area (Å²) < 4.78 is 0. The largest absolute Gasteiger partial charge is 0.508 e. The first-order valence-corrected chi connectivity index (χ1v) is 8.19. The number of anilines is 1. The van der Waals surface area contributed by atoms with Crippen LogP contribution in [-0.2, 0) is 4.79 Å². The summed E-state index contributed by atoms with van der Waals surface area (Å²) in [7, 11) is 0. The minimum Gasteiger partial charge on any atom is -0.508 e. The molecule has 1 saturated carbocycles. The molecule has 0 heterocycles. The van der Waals surface area contributed by atoms with Gasteiger partial charge in [0.05, 0.1) is 0 Å². The predicted molar refractivity (Wildman–Crippen MR) is 93.9 cm³/mol. The molecule has 0 saturated heterocycles. The van der Waals surface area contributed by atoms with Gasteiger partial charge in [-0.25, -0.2) is 0 Å². The topological polar surface area (TPSA) is 101 Å². The molecule has 5 heteroatoms. The zero-order chi connectivity index (χ0) is 17.0. The predicted octanol–water partition coefficient (Wildman–Crippen LogP) is 2.32. The van der Waals surface area contributed by atoms with Crippen molar-refractivity contribution in [3.05, 3.63) is 29.3 Å². The molecule has 1 fully saturated rings. The van der Waals surface area contributed by atoms with Crippen molar-refractivity contribution in [3.8, 4) is 5.75 Å². The van der Waals surface area contributed by atoms with Crippen LogP contribution in [0.3, 0.4) is 0 Å². The summed E-state index contributed by atoms with van der Waals surface area (Å²) >= 11 is 0. The molecule has 1 aromatic rings. The smallest absolute Gasteiger partial charge is 0.244 e. The minimum absolute atomic E-state index is 0.154. The second-order valence-corrected chi connectivity index (χ2v) is 6.55. The lowest BCUT2D eigenvalue weighted by molar-refractivity contribution is -0.116. The molecule has 1 aliphatic rings. The first kappa shape index (κ1) is 17.3. The van der Waals surface area contributed by atoms with Gasteiger partial charge in [0, 0.05) is 29.9 Å². The van der Waals surface area contributed by atoms with Crippen LogP contribution in [0.1, 0.15) is 43.7 Å². The summed E-state index contributed by atoms with van der Waals surface area (Å²) in [6.45, 7) is 4.43. The van der Waals surface area contributed by atoms with Gasteiger partial charge in [-0.15, -0.1) is 0 Å². The van der Waals surface area contributed by atoms with E-state index < -0.39 is 0 Å². The molecule has 5 nitrogen and oxygen atoms in total. The highest BCUT2D eigenvalue weighted by Crippen LogP contribution is 2.35. The minimum atomic E-state index is -0.285. The number of nitrogen functional groups attached to an aromatic ring is 1. The summed E-state index contributed by atoms with van der Waals surface area (Å²) in [6, 6.07) is 3.25. The third kappa shape index (κ3) is 4.05. The van der Waals surface area contributed by atoms with Crippen LogP contribution in [0.15, 0.2) is 18.2 Å². The first-order chi connectivity index (χ1) is 10.9. The van der Waals surface area contributed by atoms with Crippen LogP contribution < -0.4 is 16.8 Å². The lowest BCUT2D eigenvalue weighted by Gasteiger charge is -2.30. The Morgan fingerprint density at radius 3 is 2.96 bits per heavy atom. The standard InChI is InChI=1S/C18H27N3O2/c1-3-14-5-4-8-18(14,20)11-21-17(23)7-6-13-9-12(2)16(22)10-15(13)19/h6-7,9-10,14,22H,3-5,8,11,19-20H2,1-2H3,(H,21,23)/b7-6+. The van der Waals surface area contributed by atoms with Crippen LogP contribution in [0.25, 0.3) is 6.08 Å². The number of hydrogen-bond acceptors (Lipinski definition) is 4. The maximum Gasteiger partial charge on any atom is 0.244 e. The summed E-state index contributed by atoms with van der Waals surface area (Å²) in [5.41, 5.74) is 13.9. The number of nitrogens with one attached hydrogen (secondary N) is 1. The normalized spacial score (nSPS) is 24.2. The molecule has 23 heavy (non-hydrogen) atoms. The molecule has 1 amide bonds. The molecule has 1 aliphatic carbocycles. The van der Waals surface area contributed by atoms with E-state index in [1.165, 1.54) is 12.1 Å². The fourth-order valence-electron chi connectivity index (χ4n) is 3.37. The highest BCUT2D eigenvalue weighted by atomic mass is 16.3. The summed E-state index contributed by atoms with van der Waals surface area (Å²) in [5, 5.41) is 12.5. The summed E-state index contributed by atoms with van der Waals surface area (Å²) in [6.07, 6.45) is 7.39. The second-order valence-electron chi connectivity index (χ2n) is 6.55. The molecular weight excluding hydrogens is 290 g/mol. The number of phenols is 1. The Balaban J connectivity index is 1.96. The molecule has 0 aromatic heterocycles. The van der Waals surface area contributed by atoms with Gasteiger partial charge in [-0.2, -0.15) is 0 Å². The van der Waals surface area contributed by atoms with Crippen molar-refractivity contribution in [2.45, 2.75) is 45.1 Å². The van der Waals surface area contributed by atoms with Crippen molar-refractivity contribution < 1.29 is 9.90 Å². The third-order valence-electron chi connectivity index (χ3n) is 4.91. The monoisotopic (exact) mass is 317 g/mol. The Kier molecular flexibility index (Phi) is 5.31. The third-order valence-corrected chi connectivity index (χ3v) is 4.91. The molecular formula is C18H27N3O2. The van der Waals surface area contributed by atoms with E-state index in [0.29, 0.717) is 23.7 Å². The van der Waals surface area contributed by atoms with Gasteiger partial charge >= 0.3 is 0 Å². The SMILES string of the molecule is CCC1CCCC1(N)CNC(=O)/C=C/c1cc(C)c(O)cc1N. The number of amides is 1. The van der Waals surface area contributed by atoms with Crippen molar-refractivity contribution in [1.29, 1.82) is 0 Å². The highest BCUT2D eigenvalue weighted by Gasteiger charge is 2.38. The Hall–Kier alpha value is -2.01. The molecule has 2 rings (SSSR count). The van der Waals surface area contributed by atoms with Gasteiger partial charge in [-0.05, 0) is 49.0 Å². The second kappa shape index (κ2) is 7.04. The lowest BCUT2D eigenvalue weighted by atomic mass is 9.86. The van der Waals surface area contributed by atoms with Crippen molar-refractivity contribution >= 4 is 17.7 Å². The van der Waals surface area contributed by atoms with Gasteiger partial charge in [0.2, 0.25) is 5.91 Å². The van der Waals surface area contributed by atoms with Crippen molar-refractivity contribution in [2.24, 2.45) is 11.7 Å². The Morgan fingerprint density at radius 2 is 2.26 bits per heavy atom. The van der Waals surface area contributed by atoms with Gasteiger partial charge < -0.3 is 21.9 Å². The van der Waals surface area contributed by atoms with Gasteiger partial charge in [0.1, 0.15) is 5.75 Å². The van der Waals surface area contributed by atoms with E-state index in [9.17, 15) is 9.90 Å². The Morgan fingerprint density at radius 1 is 1.52 bits per heavy atom. The van der Waals surface area contributed by atoms with Crippen molar-refractivity contribution in [2.75, 3.05) is 12.3 Å². The fourth-order valence-corrected chi connectivity index (χ4v) is 3.37. The number of carbonyl (C=O) groups is 1. The number of aromatic hydroxyl groups is 1. The van der Waals surface area contributed by atoms with E-state index in [2.05, 4.69) is 12.2 Å². The molecule has 2 atom stereocenters. The quantitative estimate of drug-likeness (QED) is 0.494. The van der Waals surface area contributed by atoms with E-state index in [1.54, 1.807) is 19.1 Å². The number of carbonyl (C=O) groups excluding carboxylic acids is 1. The molecule has 0 spiro atoms. The molecule has 1 aromatic carbocycles. The fraction of sp³-hybridized carbons (Fsp3) is 0.500. The van der Waals surface area contributed by atoms with Crippen LogP contribution in [-0.4, -0.2) is 23.1 Å². The van der Waals surface area contributed by atoms with E-state index in [-0.39, 0.29) is 17.2 Å². The van der Waals surface area contributed by atoms with Gasteiger partial charge in [0.25, 0.3) is 0 Å². The molecule has 126 valence electrons. The van der Waals surface area contributed by atoms with Crippen LogP contribution in [0.4, 0.5) is 5.69 Å². The number of aryl methyl sites for hydroxylation is 1. The van der Waals surface area contributed by atoms with Crippen LogP contribution >= 0.6 is 0 Å². The zero-order valence-electron chi connectivity index (χ0n) is 13.9. The first-order valence-electron chi connectivity index (χ1n) is 8.19. The van der Waals surface area contributed by atoms with E-state index in [1.807, 2.05) is 0 Å². The molecule has 6 N–H and O–H groups in total. The van der Waals surface area contributed by atoms with Crippen molar-refractivity contribution in [3.63, 3.8) is 0 Å². The lowest BCUT2D eigenvalue weighted by Crippen LogP contribution is -2.52. The summed E-state index contributed by atoms with van der Waals surface area (Å²) in [5.74, 6) is 0.449. The van der Waals surface area contributed by atoms with Crippen LogP contribution in [0.2, 0.25) is 0 Å². The van der Waals surface area contributed by atoms with E-state index in [4.69, 9.17) is 11.5 Å². The van der Waals surface area contributed by atoms with E-state index >= 15 is 0 Å².